The Labute approximate surface area is 184 Å². The van der Waals surface area contributed by atoms with Crippen LogP contribution >= 0.6 is 11.8 Å². The van der Waals surface area contributed by atoms with Crippen molar-refractivity contribution in [1.82, 2.24) is 4.90 Å². The molecule has 8 heteroatoms. The molecule has 2 aliphatic rings. The van der Waals surface area contributed by atoms with E-state index in [1.165, 1.54) is 28.8 Å². The second-order valence-electron chi connectivity index (χ2n) is 7.71. The number of hydrogen-bond acceptors (Lipinski definition) is 5. The highest BCUT2D eigenvalue weighted by Gasteiger charge is 2.43. The van der Waals surface area contributed by atoms with E-state index in [9.17, 15) is 14.0 Å². The Hall–Kier alpha value is -3.00. The number of amidine groups is 2. The van der Waals surface area contributed by atoms with Crippen molar-refractivity contribution in [2.75, 3.05) is 5.32 Å². The molecule has 2 aromatic rings. The molecule has 6 nitrogen and oxygen atoms in total. The highest BCUT2D eigenvalue weighted by molar-refractivity contribution is 8.15. The van der Waals surface area contributed by atoms with Gasteiger partial charge in [0.05, 0.1) is 16.6 Å². The molecule has 2 heterocycles. The number of para-hydroxylation sites is 2. The molecule has 0 fully saturated rings. The van der Waals surface area contributed by atoms with Crippen molar-refractivity contribution in [3.63, 3.8) is 0 Å². The minimum absolute atomic E-state index is 0.0374. The Bertz CT molecular complexity index is 1100. The molecule has 1 N–H and O–H groups in total. The fourth-order valence-electron chi connectivity index (χ4n) is 3.51. The Balaban J connectivity index is 1.64. The predicted octanol–water partition coefficient (Wildman–Crippen LogP) is 4.59. The second kappa shape index (κ2) is 8.63. The minimum atomic E-state index is -0.559. The molecule has 2 aromatic carbocycles. The van der Waals surface area contributed by atoms with Crippen molar-refractivity contribution in [2.45, 2.75) is 38.5 Å². The lowest BCUT2D eigenvalue weighted by Gasteiger charge is -2.27. The molecule has 0 bridgehead atoms. The molecule has 160 valence electrons. The van der Waals surface area contributed by atoms with Gasteiger partial charge in [-0.1, -0.05) is 56.8 Å². The molecule has 0 spiro atoms. The minimum Gasteiger partial charge on any atom is -0.323 e. The van der Waals surface area contributed by atoms with Gasteiger partial charge >= 0.3 is 0 Å². The fourth-order valence-corrected chi connectivity index (χ4v) is 4.53. The number of halogens is 1. The van der Waals surface area contributed by atoms with Gasteiger partial charge in [-0.2, -0.15) is 0 Å². The topological polar surface area (TPSA) is 74.1 Å². The lowest BCUT2D eigenvalue weighted by Crippen LogP contribution is -2.43. The first-order chi connectivity index (χ1) is 14.9. The molecule has 4 rings (SSSR count). The van der Waals surface area contributed by atoms with Gasteiger partial charge in [0.25, 0.3) is 5.91 Å². The molecule has 2 amide bonds. The Morgan fingerprint density at radius 3 is 2.61 bits per heavy atom. The van der Waals surface area contributed by atoms with Crippen LogP contribution in [0.4, 0.5) is 15.8 Å². The molecular formula is C23H23FN4O2S. The quantitative estimate of drug-likeness (QED) is 0.742. The summed E-state index contributed by atoms with van der Waals surface area (Å²) >= 11 is 1.20. The van der Waals surface area contributed by atoms with E-state index in [1.54, 1.807) is 12.1 Å². The maximum atomic E-state index is 14.0. The third-order valence-corrected chi connectivity index (χ3v) is 6.49. The summed E-state index contributed by atoms with van der Waals surface area (Å²) in [7, 11) is 0. The highest BCUT2D eigenvalue weighted by atomic mass is 32.2. The molecule has 0 aliphatic carbocycles. The van der Waals surface area contributed by atoms with Crippen LogP contribution in [0.5, 0.6) is 0 Å². The first kappa shape index (κ1) is 21.2. The van der Waals surface area contributed by atoms with Gasteiger partial charge in [-0.05, 0) is 36.6 Å². The van der Waals surface area contributed by atoms with Crippen LogP contribution < -0.4 is 5.32 Å². The summed E-state index contributed by atoms with van der Waals surface area (Å²) in [6.07, 6.45) is 0.480. The third kappa shape index (κ3) is 3.99. The maximum absolute atomic E-state index is 14.0. The number of benzene rings is 2. The van der Waals surface area contributed by atoms with Crippen molar-refractivity contribution in [3.05, 3.63) is 59.9 Å². The fraction of sp³-hybridized carbons (Fsp3) is 0.304. The van der Waals surface area contributed by atoms with Crippen LogP contribution in [0.3, 0.4) is 0 Å². The van der Waals surface area contributed by atoms with Crippen LogP contribution in [0, 0.1) is 11.7 Å². The zero-order valence-corrected chi connectivity index (χ0v) is 18.3. The first-order valence-electron chi connectivity index (χ1n) is 10.2. The monoisotopic (exact) mass is 438 g/mol. The third-order valence-electron chi connectivity index (χ3n) is 5.17. The molecule has 0 saturated carbocycles. The van der Waals surface area contributed by atoms with E-state index in [0.717, 1.165) is 5.56 Å². The number of fused-ring (bicyclic) bond motifs is 3. The molecule has 0 radical (unpaired) electrons. The van der Waals surface area contributed by atoms with Crippen LogP contribution in [-0.4, -0.2) is 39.0 Å². The van der Waals surface area contributed by atoms with Crippen LogP contribution in [0.25, 0.3) is 0 Å². The standard InChI is InChI=1S/C23H23FN4O2S/c1-4-18(21(29)25-17-12-8-6-10-15(17)24)31-23-26-16-11-7-5-9-14(16)20-27-19(13(2)3)22(30)28(20)23/h5-13,18-19H,4H2,1-3H3,(H,25,29)/t18-,19+/m0/s1. The van der Waals surface area contributed by atoms with Crippen LogP contribution in [0.2, 0.25) is 0 Å². The van der Waals surface area contributed by atoms with Gasteiger partial charge in [0, 0.05) is 5.56 Å². The van der Waals surface area contributed by atoms with Crippen molar-refractivity contribution in [1.29, 1.82) is 0 Å². The zero-order chi connectivity index (χ0) is 22.1. The first-order valence-corrected chi connectivity index (χ1v) is 11.1. The molecular weight excluding hydrogens is 415 g/mol. The van der Waals surface area contributed by atoms with Gasteiger partial charge in [0.15, 0.2) is 5.17 Å². The molecule has 31 heavy (non-hydrogen) atoms. The number of rotatable bonds is 5. The maximum Gasteiger partial charge on any atom is 0.259 e. The summed E-state index contributed by atoms with van der Waals surface area (Å²) in [5.41, 5.74) is 1.63. The number of carbonyl (C=O) groups is 2. The molecule has 2 atom stereocenters. The summed E-state index contributed by atoms with van der Waals surface area (Å²) in [5, 5.41) is 2.50. The molecule has 0 unspecified atom stereocenters. The van der Waals surface area contributed by atoms with Gasteiger partial charge < -0.3 is 5.32 Å². The largest absolute Gasteiger partial charge is 0.323 e. The number of hydrogen-bond donors (Lipinski definition) is 1. The zero-order valence-electron chi connectivity index (χ0n) is 17.5. The number of nitrogens with zero attached hydrogens (tertiary/aromatic N) is 3. The van der Waals surface area contributed by atoms with E-state index >= 15 is 0 Å². The molecule has 0 saturated heterocycles. The number of nitrogens with one attached hydrogen (secondary N) is 1. The summed E-state index contributed by atoms with van der Waals surface area (Å²) in [4.78, 5) is 36.9. The lowest BCUT2D eigenvalue weighted by atomic mass is 10.1. The molecule has 0 aromatic heterocycles. The van der Waals surface area contributed by atoms with Crippen molar-refractivity contribution < 1.29 is 14.0 Å². The summed E-state index contributed by atoms with van der Waals surface area (Å²) in [6, 6.07) is 13.1. The summed E-state index contributed by atoms with van der Waals surface area (Å²) < 4.78 is 14.0. The van der Waals surface area contributed by atoms with Crippen LogP contribution in [-0.2, 0) is 9.59 Å². The Morgan fingerprint density at radius 1 is 1.19 bits per heavy atom. The predicted molar refractivity (Wildman–Crippen MR) is 122 cm³/mol. The second-order valence-corrected chi connectivity index (χ2v) is 8.88. The van der Waals surface area contributed by atoms with Gasteiger partial charge in [0.1, 0.15) is 17.7 Å². The van der Waals surface area contributed by atoms with Crippen molar-refractivity contribution in [2.24, 2.45) is 15.9 Å². The van der Waals surface area contributed by atoms with E-state index in [2.05, 4.69) is 15.3 Å². The Morgan fingerprint density at radius 2 is 1.90 bits per heavy atom. The van der Waals surface area contributed by atoms with E-state index in [-0.39, 0.29) is 23.4 Å². The van der Waals surface area contributed by atoms with E-state index in [0.29, 0.717) is 23.1 Å². The van der Waals surface area contributed by atoms with Gasteiger partial charge in [-0.15, -0.1) is 0 Å². The van der Waals surface area contributed by atoms with Crippen LogP contribution in [0.1, 0.15) is 32.8 Å². The average molecular weight is 439 g/mol. The normalized spacial score (nSPS) is 18.3. The number of carbonyl (C=O) groups excluding carboxylic acids is 2. The van der Waals surface area contributed by atoms with E-state index < -0.39 is 17.1 Å². The van der Waals surface area contributed by atoms with Crippen LogP contribution in [0.15, 0.2) is 58.5 Å². The number of amides is 2. The summed E-state index contributed by atoms with van der Waals surface area (Å²) in [6.45, 7) is 5.78. The van der Waals surface area contributed by atoms with Gasteiger partial charge in [-0.3, -0.25) is 14.6 Å². The van der Waals surface area contributed by atoms with Crippen molar-refractivity contribution >= 4 is 46.0 Å². The Kier molecular flexibility index (Phi) is 5.91. The SMILES string of the molecule is CC[C@H](SC1=Nc2ccccc2C2=N[C@H](C(C)C)C(=O)N12)C(=O)Nc1ccccc1F. The smallest absolute Gasteiger partial charge is 0.259 e. The molecule has 2 aliphatic heterocycles. The number of aliphatic imine (C=N–C) groups is 2. The van der Waals surface area contributed by atoms with E-state index in [1.807, 2.05) is 45.0 Å². The highest BCUT2D eigenvalue weighted by Crippen LogP contribution is 2.36. The summed E-state index contributed by atoms with van der Waals surface area (Å²) in [5.74, 6) is -0.375. The number of anilines is 1. The van der Waals surface area contributed by atoms with E-state index in [4.69, 9.17) is 0 Å². The average Bonchev–Trinajstić information content (AvgIpc) is 3.11. The number of thioether (sulfide) groups is 1. The van der Waals surface area contributed by atoms with Crippen molar-refractivity contribution in [3.8, 4) is 0 Å². The van der Waals surface area contributed by atoms with Gasteiger partial charge in [-0.25, -0.2) is 14.3 Å². The van der Waals surface area contributed by atoms with Gasteiger partial charge in [0.2, 0.25) is 5.91 Å². The lowest BCUT2D eigenvalue weighted by molar-refractivity contribution is -0.125.